The molecule has 0 spiro atoms. The average molecular weight is 453 g/mol. The summed E-state index contributed by atoms with van der Waals surface area (Å²) in [6.07, 6.45) is -0.759. The maximum atomic E-state index is 13.8. The van der Waals surface area contributed by atoms with E-state index in [2.05, 4.69) is 31.1 Å². The van der Waals surface area contributed by atoms with Gasteiger partial charge in [0, 0.05) is 18.5 Å². The molecule has 0 atom stereocenters. The summed E-state index contributed by atoms with van der Waals surface area (Å²) < 4.78 is 47.4. The quantitative estimate of drug-likeness (QED) is 0.520. The number of carbonyl (C=O) groups is 1. The molecule has 1 aromatic carbocycles. The Morgan fingerprint density at radius 2 is 1.84 bits per heavy atom. The Hall–Kier alpha value is -2.35. The molecule has 0 amide bonds. The van der Waals surface area contributed by atoms with Gasteiger partial charge in [0.15, 0.2) is 0 Å². The maximum absolute atomic E-state index is 13.8. The first kappa shape index (κ1) is 24.3. The summed E-state index contributed by atoms with van der Waals surface area (Å²) in [4.78, 5) is 14.9. The van der Waals surface area contributed by atoms with Crippen molar-refractivity contribution in [3.8, 4) is 5.75 Å². The van der Waals surface area contributed by atoms with E-state index in [4.69, 9.17) is 9.84 Å². The number of carboxylic acids is 1. The van der Waals surface area contributed by atoms with Gasteiger partial charge in [0.25, 0.3) is 0 Å². The van der Waals surface area contributed by atoms with E-state index in [1.54, 1.807) is 12.1 Å². The van der Waals surface area contributed by atoms with Crippen molar-refractivity contribution in [1.29, 1.82) is 0 Å². The number of aromatic nitrogens is 1. The largest absolute Gasteiger partial charge is 0.490 e. The molecule has 1 fully saturated rings. The molecule has 5 nitrogen and oxygen atoms in total. The monoisotopic (exact) mass is 452 g/mol. The Labute approximate surface area is 186 Å². The van der Waals surface area contributed by atoms with E-state index in [9.17, 15) is 18.0 Å². The van der Waals surface area contributed by atoms with Crippen LogP contribution in [0.25, 0.3) is 10.9 Å². The van der Waals surface area contributed by atoms with Crippen LogP contribution >= 0.6 is 0 Å². The number of hydrogen-bond donors (Lipinski definition) is 2. The van der Waals surface area contributed by atoms with Gasteiger partial charge in [-0.25, -0.2) is 0 Å². The highest BCUT2D eigenvalue weighted by Crippen LogP contribution is 2.40. The van der Waals surface area contributed by atoms with Crippen LogP contribution in [0, 0.1) is 11.3 Å². The van der Waals surface area contributed by atoms with Crippen LogP contribution in [-0.2, 0) is 17.5 Å². The molecule has 8 heteroatoms. The number of benzene rings is 1. The molecule has 32 heavy (non-hydrogen) atoms. The Balaban J connectivity index is 1.77. The third-order valence-electron chi connectivity index (χ3n) is 6.16. The lowest BCUT2D eigenvalue weighted by atomic mass is 9.72. The van der Waals surface area contributed by atoms with Crippen molar-refractivity contribution in [2.45, 2.75) is 71.7 Å². The van der Waals surface area contributed by atoms with E-state index in [1.807, 2.05) is 0 Å². The molecule has 0 radical (unpaired) electrons. The molecule has 2 aromatic rings. The molecule has 1 heterocycles. The SMILES string of the molecule is CC(C)(C)C1CCC(Oc2ccc3nc(CNCCC(=O)O)cc(C(F)(F)F)c3c2)CC1. The van der Waals surface area contributed by atoms with Crippen molar-refractivity contribution in [3.63, 3.8) is 0 Å². The predicted molar refractivity (Wildman–Crippen MR) is 117 cm³/mol. The van der Waals surface area contributed by atoms with Crippen LogP contribution in [0.4, 0.5) is 13.2 Å². The van der Waals surface area contributed by atoms with E-state index in [-0.39, 0.29) is 47.6 Å². The topological polar surface area (TPSA) is 71.5 Å². The summed E-state index contributed by atoms with van der Waals surface area (Å²) in [6.45, 7) is 6.93. The van der Waals surface area contributed by atoms with Gasteiger partial charge in [-0.2, -0.15) is 13.2 Å². The molecule has 1 saturated carbocycles. The second kappa shape index (κ2) is 9.65. The van der Waals surface area contributed by atoms with Crippen LogP contribution in [-0.4, -0.2) is 28.7 Å². The van der Waals surface area contributed by atoms with E-state index in [1.165, 1.54) is 6.07 Å². The normalized spacial score (nSPS) is 19.8. The number of aliphatic carboxylic acids is 1. The van der Waals surface area contributed by atoms with E-state index >= 15 is 0 Å². The van der Waals surface area contributed by atoms with Crippen molar-refractivity contribution in [2.24, 2.45) is 11.3 Å². The highest BCUT2D eigenvalue weighted by atomic mass is 19.4. The lowest BCUT2D eigenvalue weighted by Gasteiger charge is -2.37. The Morgan fingerprint density at radius 3 is 2.44 bits per heavy atom. The smallest absolute Gasteiger partial charge is 0.417 e. The Bertz CT molecular complexity index is 946. The first-order chi connectivity index (χ1) is 14.9. The fourth-order valence-corrected chi connectivity index (χ4v) is 4.31. The molecule has 3 rings (SSSR count). The molecular formula is C24H31F3N2O3. The van der Waals surface area contributed by atoms with E-state index in [0.29, 0.717) is 11.7 Å². The third kappa shape index (κ3) is 6.34. The number of hydrogen-bond acceptors (Lipinski definition) is 4. The number of pyridine rings is 1. The van der Waals surface area contributed by atoms with Crippen molar-refractivity contribution in [2.75, 3.05) is 6.54 Å². The zero-order chi connectivity index (χ0) is 23.5. The highest BCUT2D eigenvalue weighted by Gasteiger charge is 2.34. The zero-order valence-corrected chi connectivity index (χ0v) is 18.8. The van der Waals surface area contributed by atoms with Gasteiger partial charge in [0.05, 0.1) is 29.3 Å². The maximum Gasteiger partial charge on any atom is 0.417 e. The number of ether oxygens (including phenoxy) is 1. The number of halogens is 3. The average Bonchev–Trinajstić information content (AvgIpc) is 2.69. The second-order valence-corrected chi connectivity index (χ2v) is 9.62. The number of fused-ring (bicyclic) bond motifs is 1. The molecule has 1 aromatic heterocycles. The number of rotatable bonds is 7. The lowest BCUT2D eigenvalue weighted by Crippen LogP contribution is -2.30. The Morgan fingerprint density at radius 1 is 1.16 bits per heavy atom. The van der Waals surface area contributed by atoms with Gasteiger partial charge in [-0.1, -0.05) is 20.8 Å². The Kier molecular flexibility index (Phi) is 7.32. The fraction of sp³-hybridized carbons (Fsp3) is 0.583. The van der Waals surface area contributed by atoms with Crippen LogP contribution < -0.4 is 10.1 Å². The van der Waals surface area contributed by atoms with Gasteiger partial charge in [0.1, 0.15) is 5.75 Å². The molecule has 1 aliphatic rings. The third-order valence-corrected chi connectivity index (χ3v) is 6.16. The van der Waals surface area contributed by atoms with Crippen LogP contribution in [0.5, 0.6) is 5.75 Å². The van der Waals surface area contributed by atoms with Crippen LogP contribution in [0.1, 0.15) is 64.1 Å². The lowest BCUT2D eigenvalue weighted by molar-refractivity contribution is -0.137. The van der Waals surface area contributed by atoms with Gasteiger partial charge in [-0.05, 0) is 61.3 Å². The predicted octanol–water partition coefficient (Wildman–Crippen LogP) is 5.80. The first-order valence-electron chi connectivity index (χ1n) is 11.0. The molecular weight excluding hydrogens is 421 g/mol. The minimum Gasteiger partial charge on any atom is -0.490 e. The van der Waals surface area contributed by atoms with Crippen molar-refractivity contribution < 1.29 is 27.8 Å². The molecule has 0 bridgehead atoms. The summed E-state index contributed by atoms with van der Waals surface area (Å²) in [5, 5.41) is 11.5. The van der Waals surface area contributed by atoms with Crippen molar-refractivity contribution in [1.82, 2.24) is 10.3 Å². The standard InChI is InChI=1S/C24H31F3N2O3/c1-23(2,3)15-4-6-17(7-5-15)32-18-8-9-21-19(13-18)20(24(25,26)27)12-16(29-21)14-28-11-10-22(30)31/h8-9,12-13,15,17,28H,4-7,10-11,14H2,1-3H3,(H,30,31). The van der Waals surface area contributed by atoms with Gasteiger partial charge in [-0.3, -0.25) is 9.78 Å². The minimum atomic E-state index is -4.54. The number of carboxylic acid groups (broad SMARTS) is 1. The van der Waals surface area contributed by atoms with E-state index in [0.717, 1.165) is 31.7 Å². The van der Waals surface area contributed by atoms with Gasteiger partial charge < -0.3 is 15.2 Å². The van der Waals surface area contributed by atoms with Gasteiger partial charge in [-0.15, -0.1) is 0 Å². The summed E-state index contributed by atoms with van der Waals surface area (Å²) in [6, 6.07) is 5.69. The molecule has 0 unspecified atom stereocenters. The van der Waals surface area contributed by atoms with Crippen LogP contribution in [0.2, 0.25) is 0 Å². The highest BCUT2D eigenvalue weighted by molar-refractivity contribution is 5.84. The molecule has 2 N–H and O–H groups in total. The van der Waals surface area contributed by atoms with Crippen LogP contribution in [0.3, 0.4) is 0 Å². The fourth-order valence-electron chi connectivity index (χ4n) is 4.31. The summed E-state index contributed by atoms with van der Waals surface area (Å²) in [5.41, 5.74) is -0.0658. The number of nitrogens with zero attached hydrogens (tertiary/aromatic N) is 1. The number of alkyl halides is 3. The minimum absolute atomic E-state index is 0.00561. The van der Waals surface area contributed by atoms with Crippen LogP contribution in [0.15, 0.2) is 24.3 Å². The second-order valence-electron chi connectivity index (χ2n) is 9.62. The molecule has 0 aliphatic heterocycles. The van der Waals surface area contributed by atoms with Gasteiger partial charge >= 0.3 is 12.1 Å². The van der Waals surface area contributed by atoms with Crippen molar-refractivity contribution in [3.05, 3.63) is 35.5 Å². The number of nitrogens with one attached hydrogen (secondary N) is 1. The summed E-state index contributed by atoms with van der Waals surface area (Å²) in [5.74, 6) is 0.0817. The zero-order valence-electron chi connectivity index (χ0n) is 18.8. The molecule has 0 saturated heterocycles. The summed E-state index contributed by atoms with van der Waals surface area (Å²) in [7, 11) is 0. The summed E-state index contributed by atoms with van der Waals surface area (Å²) >= 11 is 0. The van der Waals surface area contributed by atoms with Gasteiger partial charge in [0.2, 0.25) is 0 Å². The first-order valence-corrected chi connectivity index (χ1v) is 11.0. The molecule has 1 aliphatic carbocycles. The van der Waals surface area contributed by atoms with E-state index < -0.39 is 17.7 Å². The molecule has 176 valence electrons. The van der Waals surface area contributed by atoms with Crippen molar-refractivity contribution >= 4 is 16.9 Å².